The van der Waals surface area contributed by atoms with Crippen LogP contribution in [-0.4, -0.2) is 0 Å². The van der Waals surface area contributed by atoms with Crippen LogP contribution in [0.3, 0.4) is 0 Å². The molecule has 0 nitrogen and oxygen atoms in total. The molecule has 0 bridgehead atoms. The second-order valence-corrected chi connectivity index (χ2v) is 4.83. The summed E-state index contributed by atoms with van der Waals surface area (Å²) in [6, 6.07) is 8.22. The van der Waals surface area contributed by atoms with Crippen molar-refractivity contribution in [1.82, 2.24) is 0 Å². The maximum atomic E-state index is 5.56. The molecule has 106 valence electrons. The van der Waals surface area contributed by atoms with Crippen LogP contribution in [0.25, 0.3) is 6.08 Å². The van der Waals surface area contributed by atoms with Gasteiger partial charge in [0.1, 0.15) is 0 Å². The third-order valence-corrected chi connectivity index (χ3v) is 3.23. The average Bonchev–Trinajstić information content (AvgIpc) is 2.50. The van der Waals surface area contributed by atoms with E-state index in [0.29, 0.717) is 0 Å². The molecule has 0 saturated carbocycles. The Kier molecular flexibility index (Phi) is 6.78. The maximum Gasteiger partial charge on any atom is 0.0309 e. The van der Waals surface area contributed by atoms with Crippen LogP contribution in [0.1, 0.15) is 25.0 Å². The normalized spacial score (nSPS) is 12.9. The molecule has 0 fully saturated rings. The Labute approximate surface area is 128 Å². The molecule has 0 aromatic heterocycles. The van der Waals surface area contributed by atoms with E-state index in [1.807, 2.05) is 62.4 Å². The van der Waals surface area contributed by atoms with E-state index < -0.39 is 0 Å². The van der Waals surface area contributed by atoms with Crippen LogP contribution in [-0.2, 0) is 0 Å². The molecule has 0 radical (unpaired) electrons. The zero-order chi connectivity index (χ0) is 15.7. The molecule has 0 unspecified atom stereocenters. The number of hydrogen-bond acceptors (Lipinski definition) is 0. The number of rotatable bonds is 5. The first kappa shape index (κ1) is 16.5. The van der Waals surface area contributed by atoms with Crippen molar-refractivity contribution < 1.29 is 0 Å². The lowest BCUT2D eigenvalue weighted by atomic mass is 10.0. The zero-order valence-electron chi connectivity index (χ0n) is 13.1. The third kappa shape index (κ3) is 5.55. The van der Waals surface area contributed by atoms with Gasteiger partial charge in [-0.3, -0.25) is 0 Å². The highest BCUT2D eigenvalue weighted by atomic mass is 14.0. The first-order valence-electron chi connectivity index (χ1n) is 6.99. The van der Waals surface area contributed by atoms with E-state index in [-0.39, 0.29) is 0 Å². The largest absolute Gasteiger partial charge is 0.115 e. The van der Waals surface area contributed by atoms with Gasteiger partial charge in [0.15, 0.2) is 0 Å². The average molecular weight is 274 g/mol. The van der Waals surface area contributed by atoms with Crippen LogP contribution in [0.15, 0.2) is 77.9 Å². The number of hydrogen-bond donors (Lipinski definition) is 0. The Balaban J connectivity index is 2.86. The van der Waals surface area contributed by atoms with Crippen LogP contribution < -0.4 is 0 Å². The quantitative estimate of drug-likeness (QED) is 0.481. The molecule has 0 heterocycles. The summed E-state index contributed by atoms with van der Waals surface area (Å²) < 4.78 is 0. The number of aryl methyl sites for hydroxylation is 1. The van der Waals surface area contributed by atoms with Gasteiger partial charge in [-0.15, -0.1) is 6.42 Å². The summed E-state index contributed by atoms with van der Waals surface area (Å²) in [7, 11) is 0. The van der Waals surface area contributed by atoms with E-state index >= 15 is 0 Å². The minimum Gasteiger partial charge on any atom is -0.115 e. The number of allylic oxidation sites excluding steroid dienone is 8. The predicted octanol–water partition coefficient (Wildman–Crippen LogP) is 5.65. The van der Waals surface area contributed by atoms with Gasteiger partial charge in [-0.25, -0.2) is 0 Å². The van der Waals surface area contributed by atoms with Gasteiger partial charge >= 0.3 is 0 Å². The fourth-order valence-electron chi connectivity index (χ4n) is 1.69. The van der Waals surface area contributed by atoms with Crippen molar-refractivity contribution in [2.45, 2.75) is 20.8 Å². The highest BCUT2D eigenvalue weighted by Crippen LogP contribution is 2.14. The van der Waals surface area contributed by atoms with Crippen molar-refractivity contribution in [3.05, 3.63) is 89.1 Å². The molecule has 0 aliphatic carbocycles. The zero-order valence-corrected chi connectivity index (χ0v) is 13.1. The van der Waals surface area contributed by atoms with Gasteiger partial charge in [0.05, 0.1) is 0 Å². The molecule has 1 aromatic carbocycles. The highest BCUT2D eigenvalue weighted by Gasteiger charge is 1.96. The second-order valence-electron chi connectivity index (χ2n) is 4.83. The minimum atomic E-state index is 0.792. The van der Waals surface area contributed by atoms with Crippen molar-refractivity contribution in [2.75, 3.05) is 0 Å². The summed E-state index contributed by atoms with van der Waals surface area (Å²) in [5.41, 5.74) is 5.24. The Morgan fingerprint density at radius 1 is 1.24 bits per heavy atom. The van der Waals surface area contributed by atoms with Gasteiger partial charge in [-0.1, -0.05) is 72.7 Å². The molecule has 0 amide bonds. The van der Waals surface area contributed by atoms with Crippen LogP contribution in [0.5, 0.6) is 0 Å². The van der Waals surface area contributed by atoms with Crippen LogP contribution in [0.4, 0.5) is 0 Å². The van der Waals surface area contributed by atoms with Gasteiger partial charge in [0.2, 0.25) is 0 Å². The van der Waals surface area contributed by atoms with E-state index in [0.717, 1.165) is 11.1 Å². The molecule has 0 N–H and O–H groups in total. The first-order chi connectivity index (χ1) is 10.1. The van der Waals surface area contributed by atoms with E-state index in [4.69, 9.17) is 6.42 Å². The van der Waals surface area contributed by atoms with E-state index in [9.17, 15) is 0 Å². The molecular formula is C21H22. The summed E-state index contributed by atoms with van der Waals surface area (Å²) in [6.07, 6.45) is 17.5. The Morgan fingerprint density at radius 2 is 1.95 bits per heavy atom. The smallest absolute Gasteiger partial charge is 0.0309 e. The van der Waals surface area contributed by atoms with Crippen molar-refractivity contribution in [3.8, 4) is 12.3 Å². The fraction of sp³-hybridized carbons (Fsp3) is 0.143. The molecule has 0 saturated heterocycles. The fourth-order valence-corrected chi connectivity index (χ4v) is 1.69. The summed E-state index contributed by atoms with van der Waals surface area (Å²) in [5, 5.41) is 0. The van der Waals surface area contributed by atoms with Crippen LogP contribution in [0, 0.1) is 19.3 Å². The van der Waals surface area contributed by atoms with Gasteiger partial charge in [0, 0.05) is 5.57 Å². The molecule has 0 heteroatoms. The Hall–Kier alpha value is -2.52. The lowest BCUT2D eigenvalue weighted by Gasteiger charge is -2.01. The molecule has 0 aliphatic heterocycles. The molecule has 0 aliphatic rings. The molecule has 1 rings (SSSR count). The second kappa shape index (κ2) is 8.61. The number of terminal acetylenes is 1. The SMILES string of the molecule is C#C\C(=C/C=C\C(C)=C/C)C(=C)/C=C\c1ccccc1C. The van der Waals surface area contributed by atoms with E-state index in [2.05, 4.69) is 31.6 Å². The highest BCUT2D eigenvalue weighted by molar-refractivity contribution is 5.61. The van der Waals surface area contributed by atoms with Gasteiger partial charge in [-0.2, -0.15) is 0 Å². The van der Waals surface area contributed by atoms with Gasteiger partial charge in [-0.05, 0) is 43.5 Å². The van der Waals surface area contributed by atoms with Crippen molar-refractivity contribution in [3.63, 3.8) is 0 Å². The molecular weight excluding hydrogens is 252 g/mol. The van der Waals surface area contributed by atoms with Crippen LogP contribution >= 0.6 is 0 Å². The van der Waals surface area contributed by atoms with Gasteiger partial charge in [0.25, 0.3) is 0 Å². The number of benzene rings is 1. The van der Waals surface area contributed by atoms with E-state index in [1.165, 1.54) is 16.7 Å². The summed E-state index contributed by atoms with van der Waals surface area (Å²) in [4.78, 5) is 0. The lowest BCUT2D eigenvalue weighted by molar-refractivity contribution is 1.44. The van der Waals surface area contributed by atoms with Crippen LogP contribution in [0.2, 0.25) is 0 Å². The third-order valence-electron chi connectivity index (χ3n) is 3.23. The van der Waals surface area contributed by atoms with Gasteiger partial charge < -0.3 is 0 Å². The topological polar surface area (TPSA) is 0 Å². The summed E-state index contributed by atoms with van der Waals surface area (Å²) in [6.45, 7) is 10.2. The molecule has 1 aromatic rings. The molecule has 21 heavy (non-hydrogen) atoms. The molecule has 0 atom stereocenters. The predicted molar refractivity (Wildman–Crippen MR) is 94.8 cm³/mol. The maximum absolute atomic E-state index is 5.56. The van der Waals surface area contributed by atoms with E-state index in [1.54, 1.807) is 0 Å². The minimum absolute atomic E-state index is 0.792. The Bertz CT molecular complexity index is 656. The standard InChI is InChI=1S/C21H22/c1-6-17(3)11-10-14-20(7-2)19(5)15-16-21-13-9-8-12-18(21)4/h2,6,8-16H,5H2,1,3-4H3/b11-10-,16-15-,17-6-,20-14+. The summed E-state index contributed by atoms with van der Waals surface area (Å²) >= 11 is 0. The van der Waals surface area contributed by atoms with Crippen molar-refractivity contribution in [1.29, 1.82) is 0 Å². The lowest BCUT2D eigenvalue weighted by Crippen LogP contribution is -1.82. The molecule has 0 spiro atoms. The Morgan fingerprint density at radius 3 is 2.57 bits per heavy atom. The van der Waals surface area contributed by atoms with Crippen molar-refractivity contribution >= 4 is 6.08 Å². The summed E-state index contributed by atoms with van der Waals surface area (Å²) in [5.74, 6) is 2.68. The monoisotopic (exact) mass is 274 g/mol. The first-order valence-corrected chi connectivity index (χ1v) is 6.99. The van der Waals surface area contributed by atoms with Crippen molar-refractivity contribution in [2.24, 2.45) is 0 Å².